The third-order valence-corrected chi connectivity index (χ3v) is 3.74. The zero-order chi connectivity index (χ0) is 14.7. The van der Waals surface area contributed by atoms with E-state index >= 15 is 0 Å². The first-order chi connectivity index (χ1) is 10.3. The van der Waals surface area contributed by atoms with Gasteiger partial charge in [-0.15, -0.1) is 0 Å². The molecule has 4 nitrogen and oxygen atoms in total. The molecule has 2 heterocycles. The van der Waals surface area contributed by atoms with Crippen LogP contribution in [0.4, 0.5) is 0 Å². The molecule has 0 spiro atoms. The molecular formula is C17H19NO3. The number of nitrogens with zero attached hydrogens (tertiary/aromatic N) is 1. The Labute approximate surface area is 124 Å². The summed E-state index contributed by atoms with van der Waals surface area (Å²) in [4.78, 5) is 4.47. The van der Waals surface area contributed by atoms with Gasteiger partial charge >= 0.3 is 0 Å². The molecule has 1 aliphatic rings. The van der Waals surface area contributed by atoms with Crippen LogP contribution in [0.3, 0.4) is 0 Å². The maximum absolute atomic E-state index is 5.90. The molecule has 1 aromatic heterocycles. The van der Waals surface area contributed by atoms with Gasteiger partial charge in [0.05, 0.1) is 20.8 Å². The van der Waals surface area contributed by atoms with Crippen LogP contribution in [0.15, 0.2) is 36.4 Å². The molecule has 0 radical (unpaired) electrons. The lowest BCUT2D eigenvalue weighted by Crippen LogP contribution is -2.23. The van der Waals surface area contributed by atoms with Gasteiger partial charge in [0.2, 0.25) is 5.88 Å². The monoisotopic (exact) mass is 285 g/mol. The lowest BCUT2D eigenvalue weighted by molar-refractivity contribution is 0.210. The molecule has 1 unspecified atom stereocenters. The Balaban J connectivity index is 1.74. The Kier molecular flexibility index (Phi) is 3.95. The van der Waals surface area contributed by atoms with Crippen LogP contribution in [-0.4, -0.2) is 25.8 Å². The molecule has 0 amide bonds. The Hall–Kier alpha value is -2.23. The molecule has 0 saturated carbocycles. The molecule has 1 aliphatic heterocycles. The number of benzene rings is 1. The van der Waals surface area contributed by atoms with E-state index in [1.165, 1.54) is 5.56 Å². The van der Waals surface area contributed by atoms with Gasteiger partial charge in [-0.05, 0) is 30.5 Å². The fourth-order valence-corrected chi connectivity index (χ4v) is 2.73. The number of methoxy groups -OCH3 is 2. The minimum absolute atomic E-state index is 0.421. The quantitative estimate of drug-likeness (QED) is 0.866. The Morgan fingerprint density at radius 2 is 2.00 bits per heavy atom. The molecule has 0 saturated heterocycles. The zero-order valence-corrected chi connectivity index (χ0v) is 12.3. The number of hydrogen-bond donors (Lipinski definition) is 0. The van der Waals surface area contributed by atoms with Gasteiger partial charge in [-0.2, -0.15) is 0 Å². The number of para-hydroxylation sites is 1. The van der Waals surface area contributed by atoms with Crippen LogP contribution >= 0.6 is 0 Å². The van der Waals surface area contributed by atoms with Crippen molar-refractivity contribution in [1.29, 1.82) is 0 Å². The topological polar surface area (TPSA) is 40.6 Å². The maximum atomic E-state index is 5.90. The molecule has 0 bridgehead atoms. The molecule has 0 N–H and O–H groups in total. The van der Waals surface area contributed by atoms with Gasteiger partial charge in [0, 0.05) is 17.7 Å². The van der Waals surface area contributed by atoms with E-state index in [4.69, 9.17) is 14.2 Å². The SMILES string of the molecule is COc1cccc(CC2COc3c(cccc3OC)C2)n1. The zero-order valence-electron chi connectivity index (χ0n) is 12.3. The van der Waals surface area contributed by atoms with Crippen LogP contribution in [0.5, 0.6) is 17.4 Å². The van der Waals surface area contributed by atoms with Crippen molar-refractivity contribution < 1.29 is 14.2 Å². The summed E-state index contributed by atoms with van der Waals surface area (Å²) in [6.45, 7) is 0.687. The molecule has 1 atom stereocenters. The first-order valence-corrected chi connectivity index (χ1v) is 7.08. The van der Waals surface area contributed by atoms with Gasteiger partial charge in [-0.1, -0.05) is 18.2 Å². The smallest absolute Gasteiger partial charge is 0.213 e. The normalized spacial score (nSPS) is 16.8. The van der Waals surface area contributed by atoms with Crippen molar-refractivity contribution >= 4 is 0 Å². The number of pyridine rings is 1. The summed E-state index contributed by atoms with van der Waals surface area (Å²) >= 11 is 0. The summed E-state index contributed by atoms with van der Waals surface area (Å²) in [6.07, 6.45) is 1.86. The van der Waals surface area contributed by atoms with Crippen LogP contribution in [0, 0.1) is 5.92 Å². The second-order valence-electron chi connectivity index (χ2n) is 5.21. The Morgan fingerprint density at radius 1 is 1.14 bits per heavy atom. The van der Waals surface area contributed by atoms with Crippen molar-refractivity contribution in [2.24, 2.45) is 5.92 Å². The van der Waals surface area contributed by atoms with E-state index in [1.54, 1.807) is 14.2 Å². The highest BCUT2D eigenvalue weighted by molar-refractivity contribution is 5.47. The highest BCUT2D eigenvalue weighted by atomic mass is 16.5. The lowest BCUT2D eigenvalue weighted by atomic mass is 9.92. The summed E-state index contributed by atoms with van der Waals surface area (Å²) in [7, 11) is 3.31. The van der Waals surface area contributed by atoms with Gasteiger partial charge in [-0.25, -0.2) is 4.98 Å². The van der Waals surface area contributed by atoms with E-state index in [2.05, 4.69) is 11.1 Å². The van der Waals surface area contributed by atoms with Crippen molar-refractivity contribution in [2.45, 2.75) is 12.8 Å². The van der Waals surface area contributed by atoms with E-state index in [9.17, 15) is 0 Å². The van der Waals surface area contributed by atoms with Gasteiger partial charge in [0.15, 0.2) is 11.5 Å². The Bertz CT molecular complexity index is 627. The fraction of sp³-hybridized carbons (Fsp3) is 0.353. The largest absolute Gasteiger partial charge is 0.493 e. The summed E-state index contributed by atoms with van der Waals surface area (Å²) < 4.78 is 16.4. The first kappa shape index (κ1) is 13.7. The van der Waals surface area contributed by atoms with Crippen molar-refractivity contribution in [3.05, 3.63) is 47.7 Å². The second-order valence-corrected chi connectivity index (χ2v) is 5.21. The second kappa shape index (κ2) is 6.04. The molecular weight excluding hydrogens is 266 g/mol. The van der Waals surface area contributed by atoms with E-state index in [-0.39, 0.29) is 0 Å². The molecule has 21 heavy (non-hydrogen) atoms. The van der Waals surface area contributed by atoms with Gasteiger partial charge in [0.1, 0.15) is 0 Å². The molecule has 0 aliphatic carbocycles. The maximum Gasteiger partial charge on any atom is 0.213 e. The van der Waals surface area contributed by atoms with Gasteiger partial charge in [0.25, 0.3) is 0 Å². The van der Waals surface area contributed by atoms with Crippen LogP contribution in [0.25, 0.3) is 0 Å². The molecule has 1 aromatic carbocycles. The summed E-state index contributed by atoms with van der Waals surface area (Å²) in [5.74, 6) is 2.77. The minimum Gasteiger partial charge on any atom is -0.493 e. The van der Waals surface area contributed by atoms with E-state index in [1.807, 2.05) is 30.3 Å². The Morgan fingerprint density at radius 3 is 2.81 bits per heavy atom. The third kappa shape index (κ3) is 2.94. The number of fused-ring (bicyclic) bond motifs is 1. The molecule has 110 valence electrons. The predicted molar refractivity (Wildman–Crippen MR) is 80.2 cm³/mol. The molecule has 2 aromatic rings. The standard InChI is InChI=1S/C17H19NO3/c1-19-15-7-3-5-13-9-12(11-21-17(13)15)10-14-6-4-8-16(18-14)20-2/h3-8,12H,9-11H2,1-2H3. The van der Waals surface area contributed by atoms with Crippen LogP contribution in [0.2, 0.25) is 0 Å². The molecule has 3 rings (SSSR count). The minimum atomic E-state index is 0.421. The van der Waals surface area contributed by atoms with Gasteiger partial charge in [-0.3, -0.25) is 0 Å². The van der Waals surface area contributed by atoms with Gasteiger partial charge < -0.3 is 14.2 Å². The highest BCUT2D eigenvalue weighted by Gasteiger charge is 2.23. The summed E-state index contributed by atoms with van der Waals surface area (Å²) in [5.41, 5.74) is 2.24. The third-order valence-electron chi connectivity index (χ3n) is 3.74. The van der Waals surface area contributed by atoms with Crippen LogP contribution in [0.1, 0.15) is 11.3 Å². The van der Waals surface area contributed by atoms with Crippen molar-refractivity contribution in [2.75, 3.05) is 20.8 Å². The lowest BCUT2D eigenvalue weighted by Gasteiger charge is -2.26. The first-order valence-electron chi connectivity index (χ1n) is 7.08. The summed E-state index contributed by atoms with van der Waals surface area (Å²) in [6, 6.07) is 11.9. The van der Waals surface area contributed by atoms with Crippen molar-refractivity contribution in [1.82, 2.24) is 4.98 Å². The van der Waals surface area contributed by atoms with Crippen molar-refractivity contribution in [3.63, 3.8) is 0 Å². The van der Waals surface area contributed by atoms with E-state index in [0.717, 1.165) is 30.0 Å². The average molecular weight is 285 g/mol. The van der Waals surface area contributed by atoms with E-state index < -0.39 is 0 Å². The average Bonchev–Trinajstić information content (AvgIpc) is 2.54. The van der Waals surface area contributed by atoms with Crippen LogP contribution in [-0.2, 0) is 12.8 Å². The van der Waals surface area contributed by atoms with Crippen LogP contribution < -0.4 is 14.2 Å². The molecule has 0 fully saturated rings. The number of rotatable bonds is 4. The fourth-order valence-electron chi connectivity index (χ4n) is 2.73. The number of ether oxygens (including phenoxy) is 3. The summed E-state index contributed by atoms with van der Waals surface area (Å²) in [5, 5.41) is 0. The number of hydrogen-bond acceptors (Lipinski definition) is 4. The molecule has 4 heteroatoms. The van der Waals surface area contributed by atoms with Crippen molar-refractivity contribution in [3.8, 4) is 17.4 Å². The van der Waals surface area contributed by atoms with E-state index in [0.29, 0.717) is 18.4 Å². The number of aromatic nitrogens is 1. The predicted octanol–water partition coefficient (Wildman–Crippen LogP) is 2.89. The highest BCUT2D eigenvalue weighted by Crippen LogP contribution is 2.36.